The van der Waals surface area contributed by atoms with Gasteiger partial charge in [0.25, 0.3) is 0 Å². The lowest BCUT2D eigenvalue weighted by Crippen LogP contribution is -2.19. The molecular weight excluding hydrogens is 188 g/mol. The molecule has 0 aliphatic carbocycles. The number of benzene rings is 1. The lowest BCUT2D eigenvalue weighted by Gasteiger charge is -2.20. The van der Waals surface area contributed by atoms with Crippen LogP contribution in [0.15, 0.2) is 36.9 Å². The number of hydrogen-bond donors (Lipinski definition) is 1. The first-order valence-corrected chi connectivity index (χ1v) is 4.93. The predicted molar refractivity (Wildman–Crippen MR) is 60.8 cm³/mol. The molecule has 2 heteroatoms. The third-order valence-corrected chi connectivity index (χ3v) is 2.22. The fourth-order valence-electron chi connectivity index (χ4n) is 1.50. The van der Waals surface area contributed by atoms with Crippen LogP contribution in [0.3, 0.4) is 0 Å². The fourth-order valence-corrected chi connectivity index (χ4v) is 1.50. The number of ketones is 1. The monoisotopic (exact) mass is 204 g/mol. The van der Waals surface area contributed by atoms with E-state index in [0.717, 1.165) is 0 Å². The SMILES string of the molecule is C=CCC(=O)c1ccccc1C(C)(C)O. The number of carbonyl (C=O) groups is 1. The quantitative estimate of drug-likeness (QED) is 0.604. The lowest BCUT2D eigenvalue weighted by molar-refractivity contribution is 0.0754. The summed E-state index contributed by atoms with van der Waals surface area (Å²) < 4.78 is 0. The minimum absolute atomic E-state index is 0.0114. The molecule has 0 aliphatic rings. The second kappa shape index (κ2) is 4.41. The van der Waals surface area contributed by atoms with Crippen molar-refractivity contribution in [2.45, 2.75) is 25.9 Å². The van der Waals surface area contributed by atoms with Gasteiger partial charge >= 0.3 is 0 Å². The highest BCUT2D eigenvalue weighted by Crippen LogP contribution is 2.24. The molecule has 0 radical (unpaired) electrons. The number of allylic oxidation sites excluding steroid dienone is 1. The summed E-state index contributed by atoms with van der Waals surface area (Å²) in [6.07, 6.45) is 1.87. The largest absolute Gasteiger partial charge is 0.386 e. The second-order valence-electron chi connectivity index (χ2n) is 4.02. The maximum absolute atomic E-state index is 11.7. The average molecular weight is 204 g/mol. The van der Waals surface area contributed by atoms with Gasteiger partial charge in [-0.25, -0.2) is 0 Å². The van der Waals surface area contributed by atoms with Gasteiger partial charge < -0.3 is 5.11 Å². The van der Waals surface area contributed by atoms with Crippen LogP contribution in [0.25, 0.3) is 0 Å². The normalized spacial score (nSPS) is 11.1. The minimum atomic E-state index is -0.993. The Labute approximate surface area is 90.3 Å². The zero-order valence-corrected chi connectivity index (χ0v) is 9.16. The molecular formula is C13H16O2. The van der Waals surface area contributed by atoms with E-state index in [1.807, 2.05) is 6.07 Å². The molecule has 15 heavy (non-hydrogen) atoms. The van der Waals surface area contributed by atoms with Gasteiger partial charge in [0.2, 0.25) is 0 Å². The molecule has 0 saturated carbocycles. The Bertz CT molecular complexity index is 372. The van der Waals surface area contributed by atoms with Gasteiger partial charge in [0, 0.05) is 12.0 Å². The molecule has 1 N–H and O–H groups in total. The van der Waals surface area contributed by atoms with Crippen LogP contribution in [-0.4, -0.2) is 10.9 Å². The Balaban J connectivity index is 3.18. The molecule has 0 bridgehead atoms. The summed E-state index contributed by atoms with van der Waals surface area (Å²) in [6, 6.07) is 7.12. The number of carbonyl (C=O) groups excluding carboxylic acids is 1. The van der Waals surface area contributed by atoms with Crippen LogP contribution in [0.5, 0.6) is 0 Å². The van der Waals surface area contributed by atoms with E-state index in [-0.39, 0.29) is 5.78 Å². The van der Waals surface area contributed by atoms with E-state index < -0.39 is 5.60 Å². The molecule has 0 aromatic heterocycles. The Hall–Kier alpha value is -1.41. The molecule has 80 valence electrons. The summed E-state index contributed by atoms with van der Waals surface area (Å²) in [6.45, 7) is 6.88. The lowest BCUT2D eigenvalue weighted by atomic mass is 9.90. The average Bonchev–Trinajstić information content (AvgIpc) is 2.17. The second-order valence-corrected chi connectivity index (χ2v) is 4.02. The van der Waals surface area contributed by atoms with E-state index in [9.17, 15) is 9.90 Å². The van der Waals surface area contributed by atoms with Crippen molar-refractivity contribution in [1.29, 1.82) is 0 Å². The van der Waals surface area contributed by atoms with Crippen LogP contribution in [0.1, 0.15) is 36.2 Å². The third kappa shape index (κ3) is 2.77. The Morgan fingerprint density at radius 2 is 2.07 bits per heavy atom. The summed E-state index contributed by atoms with van der Waals surface area (Å²) >= 11 is 0. The number of rotatable bonds is 4. The highest BCUT2D eigenvalue weighted by atomic mass is 16.3. The molecule has 0 fully saturated rings. The number of hydrogen-bond acceptors (Lipinski definition) is 2. The van der Waals surface area contributed by atoms with Gasteiger partial charge in [-0.1, -0.05) is 30.3 Å². The van der Waals surface area contributed by atoms with Crippen molar-refractivity contribution in [1.82, 2.24) is 0 Å². The summed E-state index contributed by atoms with van der Waals surface area (Å²) in [4.78, 5) is 11.7. The molecule has 1 aromatic rings. The van der Waals surface area contributed by atoms with E-state index in [2.05, 4.69) is 6.58 Å². The fraction of sp³-hybridized carbons (Fsp3) is 0.308. The van der Waals surface area contributed by atoms with E-state index in [4.69, 9.17) is 0 Å². The first-order valence-electron chi connectivity index (χ1n) is 4.93. The summed E-state index contributed by atoms with van der Waals surface area (Å²) in [5, 5.41) is 9.91. The first kappa shape index (κ1) is 11.7. The van der Waals surface area contributed by atoms with Crippen LogP contribution in [-0.2, 0) is 5.60 Å². The van der Waals surface area contributed by atoms with Crippen LogP contribution in [0, 0.1) is 0 Å². The highest BCUT2D eigenvalue weighted by molar-refractivity contribution is 5.98. The van der Waals surface area contributed by atoms with Gasteiger partial charge in [-0.15, -0.1) is 6.58 Å². The first-order chi connectivity index (χ1) is 6.96. The highest BCUT2D eigenvalue weighted by Gasteiger charge is 2.21. The molecule has 0 aliphatic heterocycles. The molecule has 0 amide bonds. The molecule has 1 aromatic carbocycles. The zero-order valence-electron chi connectivity index (χ0n) is 9.16. The number of aliphatic hydroxyl groups is 1. The van der Waals surface area contributed by atoms with E-state index >= 15 is 0 Å². The maximum Gasteiger partial charge on any atom is 0.166 e. The van der Waals surface area contributed by atoms with Crippen molar-refractivity contribution in [3.05, 3.63) is 48.0 Å². The minimum Gasteiger partial charge on any atom is -0.386 e. The van der Waals surface area contributed by atoms with Gasteiger partial charge in [-0.3, -0.25) is 4.79 Å². The zero-order chi connectivity index (χ0) is 11.5. The van der Waals surface area contributed by atoms with E-state index in [0.29, 0.717) is 17.5 Å². The van der Waals surface area contributed by atoms with Crippen LogP contribution in [0.2, 0.25) is 0 Å². The van der Waals surface area contributed by atoms with Crippen molar-refractivity contribution in [2.24, 2.45) is 0 Å². The van der Waals surface area contributed by atoms with Crippen LogP contribution < -0.4 is 0 Å². The third-order valence-electron chi connectivity index (χ3n) is 2.22. The topological polar surface area (TPSA) is 37.3 Å². The molecule has 0 saturated heterocycles. The maximum atomic E-state index is 11.7. The van der Waals surface area contributed by atoms with Crippen molar-refractivity contribution in [3.8, 4) is 0 Å². The van der Waals surface area contributed by atoms with Crippen molar-refractivity contribution in [3.63, 3.8) is 0 Å². The Morgan fingerprint density at radius 3 is 2.60 bits per heavy atom. The predicted octanol–water partition coefficient (Wildman–Crippen LogP) is 2.67. The summed E-state index contributed by atoms with van der Waals surface area (Å²) in [5.41, 5.74) is 0.245. The molecule has 0 heterocycles. The molecule has 0 unspecified atom stereocenters. The molecule has 0 spiro atoms. The standard InChI is InChI=1S/C13H16O2/c1-4-7-12(14)10-8-5-6-9-11(10)13(2,3)15/h4-6,8-9,15H,1,7H2,2-3H3. The van der Waals surface area contributed by atoms with Gasteiger partial charge in [-0.05, 0) is 19.4 Å². The molecule has 1 rings (SSSR count). The van der Waals surface area contributed by atoms with Crippen molar-refractivity contribution < 1.29 is 9.90 Å². The van der Waals surface area contributed by atoms with Crippen LogP contribution in [0.4, 0.5) is 0 Å². The van der Waals surface area contributed by atoms with Gasteiger partial charge in [0.05, 0.1) is 5.60 Å². The smallest absolute Gasteiger partial charge is 0.166 e. The van der Waals surface area contributed by atoms with E-state index in [1.165, 1.54) is 0 Å². The van der Waals surface area contributed by atoms with Crippen molar-refractivity contribution in [2.75, 3.05) is 0 Å². The summed E-state index contributed by atoms with van der Waals surface area (Å²) in [5.74, 6) is -0.0114. The molecule has 2 nitrogen and oxygen atoms in total. The Kier molecular flexibility index (Phi) is 3.43. The van der Waals surface area contributed by atoms with Crippen molar-refractivity contribution >= 4 is 5.78 Å². The van der Waals surface area contributed by atoms with Crippen LogP contribution >= 0.6 is 0 Å². The van der Waals surface area contributed by atoms with E-state index in [1.54, 1.807) is 38.1 Å². The van der Waals surface area contributed by atoms with Gasteiger partial charge in [0.15, 0.2) is 5.78 Å². The Morgan fingerprint density at radius 1 is 1.47 bits per heavy atom. The number of Topliss-reactive ketones (excluding diaryl/α,β-unsaturated/α-hetero) is 1. The van der Waals surface area contributed by atoms with Gasteiger partial charge in [0.1, 0.15) is 0 Å². The molecule has 0 atom stereocenters. The summed E-state index contributed by atoms with van der Waals surface area (Å²) in [7, 11) is 0. The van der Waals surface area contributed by atoms with Gasteiger partial charge in [-0.2, -0.15) is 0 Å².